The van der Waals surface area contributed by atoms with Crippen molar-refractivity contribution < 1.29 is 4.79 Å². The molecule has 76 valence electrons. The van der Waals surface area contributed by atoms with Gasteiger partial charge in [-0.15, -0.1) is 0 Å². The molecule has 4 atom stereocenters. The number of carbonyl (C=O) groups excluding carboxylic acids is 1. The number of hydrogen-bond acceptors (Lipinski definition) is 2. The van der Waals surface area contributed by atoms with E-state index in [2.05, 4.69) is 6.07 Å². The zero-order chi connectivity index (χ0) is 10.1. The Bertz CT molecular complexity index is 282. The maximum Gasteiger partial charge on any atom is 0.217 e. The maximum atomic E-state index is 10.9. The van der Waals surface area contributed by atoms with Crippen LogP contribution in [0.4, 0.5) is 0 Å². The molecule has 2 fully saturated rings. The van der Waals surface area contributed by atoms with E-state index in [0.717, 1.165) is 0 Å². The number of fused-ring (bicyclic) bond motifs is 2. The molecule has 2 bridgehead atoms. The van der Waals surface area contributed by atoms with Gasteiger partial charge in [-0.25, -0.2) is 0 Å². The SMILES string of the molecule is N#CC[C@H]1[C@H]2CC[C@H](C2)[C@H]1CC(N)=O. The summed E-state index contributed by atoms with van der Waals surface area (Å²) in [6.45, 7) is 0. The molecule has 0 aromatic rings. The zero-order valence-electron chi connectivity index (χ0n) is 8.28. The lowest BCUT2D eigenvalue weighted by atomic mass is 9.76. The lowest BCUT2D eigenvalue weighted by Crippen LogP contribution is -2.27. The normalized spacial score (nSPS) is 39.6. The Morgan fingerprint density at radius 2 is 2.00 bits per heavy atom. The van der Waals surface area contributed by atoms with Crippen molar-refractivity contribution in [3.8, 4) is 6.07 Å². The Morgan fingerprint density at radius 1 is 1.36 bits per heavy atom. The summed E-state index contributed by atoms with van der Waals surface area (Å²) in [5.74, 6) is 2.03. The van der Waals surface area contributed by atoms with Crippen LogP contribution >= 0.6 is 0 Å². The fraction of sp³-hybridized carbons (Fsp3) is 0.818. The highest BCUT2D eigenvalue weighted by Crippen LogP contribution is 2.54. The third-order valence-electron chi connectivity index (χ3n) is 4.04. The van der Waals surface area contributed by atoms with Crippen LogP contribution in [-0.4, -0.2) is 5.91 Å². The number of nitrogens with zero attached hydrogens (tertiary/aromatic N) is 1. The van der Waals surface area contributed by atoms with Crippen molar-refractivity contribution >= 4 is 5.91 Å². The van der Waals surface area contributed by atoms with Gasteiger partial charge < -0.3 is 5.73 Å². The first kappa shape index (κ1) is 9.51. The van der Waals surface area contributed by atoms with Crippen LogP contribution in [0.1, 0.15) is 32.1 Å². The number of nitriles is 1. The molecule has 2 aliphatic carbocycles. The van der Waals surface area contributed by atoms with Crippen molar-refractivity contribution in [1.82, 2.24) is 0 Å². The van der Waals surface area contributed by atoms with Gasteiger partial charge in [-0.2, -0.15) is 5.26 Å². The molecule has 3 heteroatoms. The van der Waals surface area contributed by atoms with E-state index < -0.39 is 0 Å². The number of amides is 1. The third kappa shape index (κ3) is 1.50. The van der Waals surface area contributed by atoms with Gasteiger partial charge in [0, 0.05) is 12.8 Å². The molecule has 0 aliphatic heterocycles. The minimum Gasteiger partial charge on any atom is -0.370 e. The van der Waals surface area contributed by atoms with Crippen molar-refractivity contribution in [2.24, 2.45) is 29.4 Å². The summed E-state index contributed by atoms with van der Waals surface area (Å²) in [6, 6.07) is 2.25. The molecule has 3 nitrogen and oxygen atoms in total. The first-order valence-corrected chi connectivity index (χ1v) is 5.37. The predicted octanol–water partition coefficient (Wildman–Crippen LogP) is 1.44. The zero-order valence-corrected chi connectivity index (χ0v) is 8.28. The number of carbonyl (C=O) groups is 1. The van der Waals surface area contributed by atoms with Crippen LogP contribution in [0.25, 0.3) is 0 Å². The van der Waals surface area contributed by atoms with Crippen molar-refractivity contribution in [3.63, 3.8) is 0 Å². The second-order valence-corrected chi connectivity index (χ2v) is 4.69. The molecule has 0 radical (unpaired) electrons. The Balaban J connectivity index is 2.06. The van der Waals surface area contributed by atoms with Crippen molar-refractivity contribution in [2.45, 2.75) is 32.1 Å². The summed E-state index contributed by atoms with van der Waals surface area (Å²) in [5.41, 5.74) is 5.24. The van der Waals surface area contributed by atoms with E-state index in [1.165, 1.54) is 19.3 Å². The van der Waals surface area contributed by atoms with E-state index in [9.17, 15) is 4.79 Å². The van der Waals surface area contributed by atoms with Crippen LogP contribution in [0, 0.1) is 35.0 Å². The van der Waals surface area contributed by atoms with Gasteiger partial charge in [-0.3, -0.25) is 4.79 Å². The van der Waals surface area contributed by atoms with Gasteiger partial charge in [0.15, 0.2) is 0 Å². The van der Waals surface area contributed by atoms with Gasteiger partial charge in [0.25, 0.3) is 0 Å². The van der Waals surface area contributed by atoms with Gasteiger partial charge in [0.1, 0.15) is 0 Å². The van der Waals surface area contributed by atoms with E-state index in [1.54, 1.807) is 0 Å². The fourth-order valence-corrected chi connectivity index (χ4v) is 3.50. The molecule has 0 aromatic carbocycles. The van der Waals surface area contributed by atoms with Gasteiger partial charge in [-0.1, -0.05) is 0 Å². The van der Waals surface area contributed by atoms with Gasteiger partial charge in [0.2, 0.25) is 5.91 Å². The molecular weight excluding hydrogens is 176 g/mol. The van der Waals surface area contributed by atoms with E-state index in [1.807, 2.05) is 0 Å². The molecule has 0 saturated heterocycles. The Kier molecular flexibility index (Phi) is 2.45. The summed E-state index contributed by atoms with van der Waals surface area (Å²) >= 11 is 0. The van der Waals surface area contributed by atoms with Gasteiger partial charge in [-0.05, 0) is 42.9 Å². The number of primary amides is 1. The highest BCUT2D eigenvalue weighted by molar-refractivity contribution is 5.74. The monoisotopic (exact) mass is 192 g/mol. The topological polar surface area (TPSA) is 66.9 Å². The van der Waals surface area contributed by atoms with E-state index in [4.69, 9.17) is 11.0 Å². The van der Waals surface area contributed by atoms with E-state index in [-0.39, 0.29) is 5.91 Å². The average Bonchev–Trinajstić information content (AvgIpc) is 2.68. The van der Waals surface area contributed by atoms with Crippen LogP contribution in [0.5, 0.6) is 0 Å². The Hall–Kier alpha value is -1.04. The molecule has 1 amide bonds. The quantitative estimate of drug-likeness (QED) is 0.735. The summed E-state index contributed by atoms with van der Waals surface area (Å²) in [7, 11) is 0. The van der Waals surface area contributed by atoms with Crippen LogP contribution in [0.2, 0.25) is 0 Å². The first-order chi connectivity index (χ1) is 6.72. The molecule has 2 rings (SSSR count). The first-order valence-electron chi connectivity index (χ1n) is 5.37. The molecule has 0 aromatic heterocycles. The Morgan fingerprint density at radius 3 is 2.57 bits per heavy atom. The molecule has 0 unspecified atom stereocenters. The van der Waals surface area contributed by atoms with Crippen LogP contribution in [-0.2, 0) is 4.79 Å². The molecule has 2 N–H and O–H groups in total. The minimum absolute atomic E-state index is 0.203. The maximum absolute atomic E-state index is 10.9. The van der Waals surface area contributed by atoms with E-state index in [0.29, 0.717) is 36.5 Å². The largest absolute Gasteiger partial charge is 0.370 e. The summed E-state index contributed by atoms with van der Waals surface area (Å²) in [6.07, 6.45) is 4.83. The number of rotatable bonds is 3. The fourth-order valence-electron chi connectivity index (χ4n) is 3.50. The lowest BCUT2D eigenvalue weighted by molar-refractivity contribution is -0.119. The van der Waals surface area contributed by atoms with Gasteiger partial charge >= 0.3 is 0 Å². The third-order valence-corrected chi connectivity index (χ3v) is 4.04. The second-order valence-electron chi connectivity index (χ2n) is 4.69. The number of hydrogen-bond donors (Lipinski definition) is 1. The van der Waals surface area contributed by atoms with Crippen molar-refractivity contribution in [1.29, 1.82) is 5.26 Å². The average molecular weight is 192 g/mol. The van der Waals surface area contributed by atoms with Gasteiger partial charge in [0.05, 0.1) is 6.07 Å². The van der Waals surface area contributed by atoms with E-state index >= 15 is 0 Å². The second kappa shape index (κ2) is 3.61. The van der Waals surface area contributed by atoms with Crippen molar-refractivity contribution in [3.05, 3.63) is 0 Å². The highest BCUT2D eigenvalue weighted by Gasteiger charge is 2.47. The summed E-state index contributed by atoms with van der Waals surface area (Å²) in [5, 5.41) is 8.74. The standard InChI is InChI=1S/C11H16N2O/c12-4-3-9-7-1-2-8(5-7)10(9)6-11(13)14/h7-10H,1-3,5-6H2,(H2,13,14)/t7-,8+,9-,10+/m0/s1. The van der Waals surface area contributed by atoms with Crippen LogP contribution in [0.3, 0.4) is 0 Å². The summed E-state index contributed by atoms with van der Waals surface area (Å²) in [4.78, 5) is 10.9. The lowest BCUT2D eigenvalue weighted by Gasteiger charge is -2.28. The predicted molar refractivity (Wildman–Crippen MR) is 51.9 cm³/mol. The molecule has 0 spiro atoms. The molecular formula is C11H16N2O. The van der Waals surface area contributed by atoms with Crippen LogP contribution < -0.4 is 5.73 Å². The Labute approximate surface area is 84.3 Å². The van der Waals surface area contributed by atoms with Crippen molar-refractivity contribution in [2.75, 3.05) is 0 Å². The highest BCUT2D eigenvalue weighted by atomic mass is 16.1. The molecule has 2 saturated carbocycles. The molecule has 2 aliphatic rings. The minimum atomic E-state index is -0.203. The molecule has 14 heavy (non-hydrogen) atoms. The summed E-state index contributed by atoms with van der Waals surface area (Å²) < 4.78 is 0. The van der Waals surface area contributed by atoms with Crippen LogP contribution in [0.15, 0.2) is 0 Å². The smallest absolute Gasteiger partial charge is 0.217 e. The molecule has 0 heterocycles. The number of nitrogens with two attached hydrogens (primary N) is 1.